The van der Waals surface area contributed by atoms with Gasteiger partial charge in [-0.15, -0.1) is 5.10 Å². The first-order valence-electron chi connectivity index (χ1n) is 10.5. The normalized spacial score (nSPS) is 13.0. The number of rotatable bonds is 6. The molecule has 0 radical (unpaired) electrons. The van der Waals surface area contributed by atoms with Crippen LogP contribution in [0.25, 0.3) is 16.8 Å². The van der Waals surface area contributed by atoms with Gasteiger partial charge in [-0.25, -0.2) is 22.6 Å². The molecule has 4 aromatic rings. The van der Waals surface area contributed by atoms with Crippen molar-refractivity contribution in [2.24, 2.45) is 0 Å². The second kappa shape index (κ2) is 8.64. The van der Waals surface area contributed by atoms with Gasteiger partial charge in [0.05, 0.1) is 17.4 Å². The SMILES string of the molecule is CC(=O)N1CCc2ccc(Nc3ncc4ccc(-c5cccc(CN[SH](=O)=O)c5)n4n3)cc21. The van der Waals surface area contributed by atoms with Crippen molar-refractivity contribution in [1.29, 1.82) is 0 Å². The van der Waals surface area contributed by atoms with Crippen molar-refractivity contribution in [3.63, 3.8) is 0 Å². The van der Waals surface area contributed by atoms with Gasteiger partial charge in [0.25, 0.3) is 0 Å². The van der Waals surface area contributed by atoms with Crippen LogP contribution in [0.4, 0.5) is 17.3 Å². The summed E-state index contributed by atoms with van der Waals surface area (Å²) in [6, 6.07) is 17.5. The molecule has 33 heavy (non-hydrogen) atoms. The maximum Gasteiger partial charge on any atom is 0.245 e. The number of benzene rings is 2. The number of nitrogens with zero attached hydrogens (tertiary/aromatic N) is 4. The van der Waals surface area contributed by atoms with Gasteiger partial charge in [-0.1, -0.05) is 24.3 Å². The van der Waals surface area contributed by atoms with Crippen molar-refractivity contribution in [3.05, 3.63) is 71.9 Å². The first kappa shape index (κ1) is 21.1. The van der Waals surface area contributed by atoms with Gasteiger partial charge >= 0.3 is 0 Å². The predicted octanol–water partition coefficient (Wildman–Crippen LogP) is 2.66. The number of carbonyl (C=O) groups excluding carboxylic acids is 1. The molecule has 0 saturated carbocycles. The molecule has 2 aromatic heterocycles. The maximum atomic E-state index is 11.9. The number of hydrogen-bond acceptors (Lipinski definition) is 6. The van der Waals surface area contributed by atoms with E-state index >= 15 is 0 Å². The van der Waals surface area contributed by atoms with Crippen LogP contribution in [-0.2, 0) is 28.7 Å². The van der Waals surface area contributed by atoms with E-state index in [-0.39, 0.29) is 12.5 Å². The molecule has 0 atom stereocenters. The van der Waals surface area contributed by atoms with Crippen LogP contribution in [0.5, 0.6) is 0 Å². The Morgan fingerprint density at radius 2 is 2.00 bits per heavy atom. The summed E-state index contributed by atoms with van der Waals surface area (Å²) in [5, 5.41) is 7.90. The summed E-state index contributed by atoms with van der Waals surface area (Å²) in [4.78, 5) is 18.1. The number of nitrogens with one attached hydrogen (secondary N) is 2. The number of hydrogen-bond donors (Lipinski definition) is 3. The first-order valence-corrected chi connectivity index (χ1v) is 11.7. The Bertz CT molecular complexity index is 1440. The molecule has 5 rings (SSSR count). The van der Waals surface area contributed by atoms with Crippen molar-refractivity contribution in [2.75, 3.05) is 16.8 Å². The van der Waals surface area contributed by atoms with E-state index in [1.54, 1.807) is 22.5 Å². The van der Waals surface area contributed by atoms with Crippen LogP contribution in [0.15, 0.2) is 60.8 Å². The molecule has 0 saturated heterocycles. The molecule has 10 heteroatoms. The summed E-state index contributed by atoms with van der Waals surface area (Å²) in [7, 11) is -2.65. The Hall–Kier alpha value is -3.76. The Kier molecular flexibility index (Phi) is 5.53. The molecule has 0 aliphatic carbocycles. The average molecular weight is 463 g/mol. The van der Waals surface area contributed by atoms with Crippen molar-refractivity contribution in [3.8, 4) is 11.3 Å². The molecular formula is C23H22N6O3S. The van der Waals surface area contributed by atoms with Gasteiger partial charge in [-0.2, -0.15) is 0 Å². The molecule has 1 aliphatic heterocycles. The minimum Gasteiger partial charge on any atom is -0.323 e. The second-order valence-corrected chi connectivity index (χ2v) is 8.65. The van der Waals surface area contributed by atoms with Crippen LogP contribution in [0.3, 0.4) is 0 Å². The fourth-order valence-electron chi connectivity index (χ4n) is 4.09. The molecule has 2 aromatic carbocycles. The van der Waals surface area contributed by atoms with Gasteiger partial charge in [-0.3, -0.25) is 4.79 Å². The van der Waals surface area contributed by atoms with Crippen molar-refractivity contribution in [1.82, 2.24) is 19.3 Å². The van der Waals surface area contributed by atoms with Crippen LogP contribution in [0.2, 0.25) is 0 Å². The third kappa shape index (κ3) is 4.30. The standard InChI is InChI=1S/C23H22N6O3S/c1-15(30)28-10-9-17-5-6-19(12-22(17)28)26-23-24-14-20-7-8-21(29(20)27-23)18-4-2-3-16(11-18)13-25-33(31)32/h2-8,11-12,14,33H,9-10,13H2,1H3,(H,26,27)(H,25,31,32). The lowest BCUT2D eigenvalue weighted by Gasteiger charge is -2.16. The summed E-state index contributed by atoms with van der Waals surface area (Å²) in [5.41, 5.74) is 6.32. The Labute approximate surface area is 192 Å². The highest BCUT2D eigenvalue weighted by molar-refractivity contribution is 7.70. The highest BCUT2D eigenvalue weighted by Gasteiger charge is 2.22. The van der Waals surface area contributed by atoms with Crippen molar-refractivity contribution < 1.29 is 13.2 Å². The minimum atomic E-state index is -2.65. The molecule has 0 spiro atoms. The molecule has 0 unspecified atom stereocenters. The second-order valence-electron chi connectivity index (χ2n) is 7.82. The van der Waals surface area contributed by atoms with E-state index in [2.05, 4.69) is 20.1 Å². The largest absolute Gasteiger partial charge is 0.323 e. The number of fused-ring (bicyclic) bond motifs is 2. The topological polar surface area (TPSA) is 109 Å². The number of carbonyl (C=O) groups is 1. The van der Waals surface area contributed by atoms with E-state index in [0.29, 0.717) is 12.5 Å². The molecule has 1 amide bonds. The van der Waals surface area contributed by atoms with E-state index in [1.807, 2.05) is 54.6 Å². The van der Waals surface area contributed by atoms with Gasteiger partial charge in [0, 0.05) is 37.0 Å². The summed E-state index contributed by atoms with van der Waals surface area (Å²) in [6.07, 6.45) is 2.59. The van der Waals surface area contributed by atoms with Gasteiger partial charge in [0.15, 0.2) is 0 Å². The Morgan fingerprint density at radius 3 is 2.82 bits per heavy atom. The lowest BCUT2D eigenvalue weighted by atomic mass is 10.1. The number of anilines is 3. The zero-order valence-electron chi connectivity index (χ0n) is 17.9. The fraction of sp³-hybridized carbons (Fsp3) is 0.174. The molecule has 0 fully saturated rings. The van der Waals surface area contributed by atoms with Crippen LogP contribution in [-0.4, -0.2) is 35.5 Å². The van der Waals surface area contributed by atoms with E-state index in [9.17, 15) is 13.2 Å². The molecule has 9 nitrogen and oxygen atoms in total. The highest BCUT2D eigenvalue weighted by Crippen LogP contribution is 2.32. The predicted molar refractivity (Wildman–Crippen MR) is 127 cm³/mol. The van der Waals surface area contributed by atoms with Crippen LogP contribution in [0.1, 0.15) is 18.1 Å². The van der Waals surface area contributed by atoms with E-state index in [1.165, 1.54) is 0 Å². The van der Waals surface area contributed by atoms with Crippen LogP contribution < -0.4 is 14.9 Å². The zero-order chi connectivity index (χ0) is 22.9. The zero-order valence-corrected chi connectivity index (χ0v) is 18.8. The van der Waals surface area contributed by atoms with E-state index in [4.69, 9.17) is 0 Å². The van der Waals surface area contributed by atoms with Gasteiger partial charge < -0.3 is 10.2 Å². The van der Waals surface area contributed by atoms with E-state index in [0.717, 1.165) is 45.7 Å². The highest BCUT2D eigenvalue weighted by atomic mass is 32.2. The number of amides is 1. The molecule has 1 aliphatic rings. The molecule has 2 N–H and O–H groups in total. The summed E-state index contributed by atoms with van der Waals surface area (Å²) in [6.45, 7) is 2.50. The first-order chi connectivity index (χ1) is 16.0. The molecule has 3 heterocycles. The van der Waals surface area contributed by atoms with Gasteiger partial charge in [0.2, 0.25) is 22.7 Å². The van der Waals surface area contributed by atoms with Crippen LogP contribution in [0, 0.1) is 0 Å². The van der Waals surface area contributed by atoms with Crippen molar-refractivity contribution in [2.45, 2.75) is 19.9 Å². The van der Waals surface area contributed by atoms with Gasteiger partial charge in [0.1, 0.15) is 0 Å². The fourth-order valence-corrected chi connectivity index (χ4v) is 4.40. The molecule has 168 valence electrons. The molecular weight excluding hydrogens is 440 g/mol. The molecule has 0 bridgehead atoms. The van der Waals surface area contributed by atoms with Gasteiger partial charge in [-0.05, 0) is 47.9 Å². The monoisotopic (exact) mass is 462 g/mol. The number of thiol groups is 1. The quantitative estimate of drug-likeness (QED) is 0.380. The van der Waals surface area contributed by atoms with Crippen molar-refractivity contribution >= 4 is 39.6 Å². The van der Waals surface area contributed by atoms with E-state index < -0.39 is 10.9 Å². The minimum absolute atomic E-state index is 0.0279. The Balaban J connectivity index is 1.45. The lowest BCUT2D eigenvalue weighted by Crippen LogP contribution is -2.25. The average Bonchev–Trinajstić information content (AvgIpc) is 3.41. The summed E-state index contributed by atoms with van der Waals surface area (Å²) >= 11 is 0. The number of aromatic nitrogens is 3. The maximum absolute atomic E-state index is 11.9. The lowest BCUT2D eigenvalue weighted by molar-refractivity contribution is -0.116. The third-order valence-electron chi connectivity index (χ3n) is 5.65. The smallest absolute Gasteiger partial charge is 0.245 e. The summed E-state index contributed by atoms with van der Waals surface area (Å²) < 4.78 is 25.9. The summed E-state index contributed by atoms with van der Waals surface area (Å²) in [5.74, 6) is 0.452. The Morgan fingerprint density at radius 1 is 1.12 bits per heavy atom. The van der Waals surface area contributed by atoms with Crippen LogP contribution >= 0.6 is 0 Å². The third-order valence-corrected chi connectivity index (χ3v) is 6.07.